The van der Waals surface area contributed by atoms with Crippen molar-refractivity contribution in [3.05, 3.63) is 82.6 Å². The molecule has 0 atom stereocenters. The number of methoxy groups -OCH3 is 1. The summed E-state index contributed by atoms with van der Waals surface area (Å²) < 4.78 is 46.8. The van der Waals surface area contributed by atoms with E-state index in [0.717, 1.165) is 6.07 Å². The second kappa shape index (κ2) is 9.55. The lowest BCUT2D eigenvalue weighted by Gasteiger charge is -2.24. The van der Waals surface area contributed by atoms with Gasteiger partial charge in [0.15, 0.2) is 0 Å². The summed E-state index contributed by atoms with van der Waals surface area (Å²) in [5.41, 5.74) is -0.0693. The van der Waals surface area contributed by atoms with Crippen molar-refractivity contribution in [3.63, 3.8) is 0 Å². The SMILES string of the molecule is COc1ccc(S(=O)(=O)N(CC(=O)Nc2cccc(Cl)c2Cl)c2ccccc2F)cc1. The molecule has 0 fully saturated rings. The minimum Gasteiger partial charge on any atom is -0.497 e. The van der Waals surface area contributed by atoms with E-state index in [9.17, 15) is 17.6 Å². The van der Waals surface area contributed by atoms with Crippen molar-refractivity contribution in [3.8, 4) is 5.75 Å². The number of carbonyl (C=O) groups excluding carboxylic acids is 1. The molecule has 0 saturated heterocycles. The first-order valence-corrected chi connectivity index (χ1v) is 11.1. The smallest absolute Gasteiger partial charge is 0.264 e. The molecule has 162 valence electrons. The van der Waals surface area contributed by atoms with Crippen LogP contribution >= 0.6 is 23.2 Å². The molecule has 0 radical (unpaired) electrons. The van der Waals surface area contributed by atoms with E-state index >= 15 is 0 Å². The molecule has 0 aliphatic rings. The highest BCUT2D eigenvalue weighted by Gasteiger charge is 2.29. The van der Waals surface area contributed by atoms with Gasteiger partial charge in [-0.15, -0.1) is 0 Å². The average Bonchev–Trinajstić information content (AvgIpc) is 2.76. The zero-order valence-corrected chi connectivity index (χ0v) is 18.5. The molecule has 10 heteroatoms. The fourth-order valence-electron chi connectivity index (χ4n) is 2.75. The quantitative estimate of drug-likeness (QED) is 0.515. The Bertz CT molecular complexity index is 1200. The van der Waals surface area contributed by atoms with Crippen molar-refractivity contribution in [1.29, 1.82) is 0 Å². The van der Waals surface area contributed by atoms with Crippen molar-refractivity contribution < 1.29 is 22.3 Å². The van der Waals surface area contributed by atoms with Gasteiger partial charge in [-0.1, -0.05) is 41.4 Å². The summed E-state index contributed by atoms with van der Waals surface area (Å²) in [6.45, 7) is -0.696. The Labute approximate surface area is 189 Å². The molecule has 0 aliphatic heterocycles. The van der Waals surface area contributed by atoms with Crippen LogP contribution < -0.4 is 14.4 Å². The number of hydrogen-bond donors (Lipinski definition) is 1. The van der Waals surface area contributed by atoms with Crippen LogP contribution in [0.2, 0.25) is 10.0 Å². The third kappa shape index (κ3) is 5.10. The zero-order valence-electron chi connectivity index (χ0n) is 16.2. The lowest BCUT2D eigenvalue weighted by Crippen LogP contribution is -2.38. The van der Waals surface area contributed by atoms with Crippen LogP contribution in [0.1, 0.15) is 0 Å². The number of carbonyl (C=O) groups is 1. The predicted molar refractivity (Wildman–Crippen MR) is 119 cm³/mol. The van der Waals surface area contributed by atoms with Gasteiger partial charge in [-0.3, -0.25) is 9.10 Å². The Morgan fingerprint density at radius 1 is 1.03 bits per heavy atom. The average molecular weight is 483 g/mol. The number of anilines is 2. The third-order valence-electron chi connectivity index (χ3n) is 4.28. The molecule has 0 unspecified atom stereocenters. The Morgan fingerprint density at radius 3 is 2.35 bits per heavy atom. The minimum atomic E-state index is -4.29. The van der Waals surface area contributed by atoms with Crippen LogP contribution in [0.3, 0.4) is 0 Å². The maximum Gasteiger partial charge on any atom is 0.264 e. The Balaban J connectivity index is 1.97. The minimum absolute atomic E-state index is 0.105. The highest BCUT2D eigenvalue weighted by atomic mass is 35.5. The summed E-state index contributed by atoms with van der Waals surface area (Å²) in [7, 11) is -2.84. The molecule has 3 rings (SSSR count). The second-order valence-electron chi connectivity index (χ2n) is 6.29. The number of rotatable bonds is 7. The van der Waals surface area contributed by atoms with Crippen LogP contribution in [-0.2, 0) is 14.8 Å². The van der Waals surface area contributed by atoms with E-state index < -0.39 is 28.3 Å². The molecular weight excluding hydrogens is 466 g/mol. The molecule has 3 aromatic rings. The molecular formula is C21H17Cl2FN2O4S. The van der Waals surface area contributed by atoms with Gasteiger partial charge in [0.25, 0.3) is 10.0 Å². The van der Waals surface area contributed by atoms with Crippen molar-refractivity contribution >= 4 is 50.5 Å². The Morgan fingerprint density at radius 2 is 1.71 bits per heavy atom. The van der Waals surface area contributed by atoms with Gasteiger partial charge in [-0.05, 0) is 48.5 Å². The lowest BCUT2D eigenvalue weighted by atomic mass is 10.3. The van der Waals surface area contributed by atoms with E-state index in [1.165, 1.54) is 55.6 Å². The van der Waals surface area contributed by atoms with Crippen LogP contribution in [0, 0.1) is 5.82 Å². The predicted octanol–water partition coefficient (Wildman–Crippen LogP) is 4.98. The van der Waals surface area contributed by atoms with Gasteiger partial charge in [0, 0.05) is 0 Å². The topological polar surface area (TPSA) is 75.7 Å². The number of halogens is 3. The second-order valence-corrected chi connectivity index (χ2v) is 8.94. The number of ether oxygens (including phenoxy) is 1. The fraction of sp³-hybridized carbons (Fsp3) is 0.0952. The van der Waals surface area contributed by atoms with Crippen LogP contribution in [-0.4, -0.2) is 28.0 Å². The van der Waals surface area contributed by atoms with Gasteiger partial charge in [-0.2, -0.15) is 0 Å². The van der Waals surface area contributed by atoms with E-state index in [2.05, 4.69) is 5.32 Å². The summed E-state index contributed by atoms with van der Waals surface area (Å²) in [6, 6.07) is 15.4. The molecule has 6 nitrogen and oxygen atoms in total. The number of benzene rings is 3. The summed E-state index contributed by atoms with van der Waals surface area (Å²) in [5.74, 6) is -1.08. The summed E-state index contributed by atoms with van der Waals surface area (Å²) in [6.07, 6.45) is 0. The van der Waals surface area contributed by atoms with Crippen LogP contribution in [0.25, 0.3) is 0 Å². The molecule has 1 amide bonds. The van der Waals surface area contributed by atoms with E-state index in [0.29, 0.717) is 10.1 Å². The number of amides is 1. The first kappa shape index (κ1) is 22.9. The highest BCUT2D eigenvalue weighted by Crippen LogP contribution is 2.30. The van der Waals surface area contributed by atoms with Crippen molar-refractivity contribution in [2.75, 3.05) is 23.3 Å². The first-order chi connectivity index (χ1) is 14.7. The molecule has 0 saturated carbocycles. The number of sulfonamides is 1. The highest BCUT2D eigenvalue weighted by molar-refractivity contribution is 7.92. The Kier molecular flexibility index (Phi) is 7.04. The summed E-state index contributed by atoms with van der Waals surface area (Å²) in [5, 5.41) is 2.83. The number of nitrogens with one attached hydrogen (secondary N) is 1. The van der Waals surface area contributed by atoms with Gasteiger partial charge in [-0.25, -0.2) is 12.8 Å². The van der Waals surface area contributed by atoms with Gasteiger partial charge < -0.3 is 10.1 Å². The van der Waals surface area contributed by atoms with E-state index in [-0.39, 0.29) is 26.3 Å². The van der Waals surface area contributed by atoms with Gasteiger partial charge in [0.05, 0.1) is 33.4 Å². The molecule has 0 heterocycles. The zero-order chi connectivity index (χ0) is 22.6. The number of para-hydroxylation sites is 1. The summed E-state index contributed by atoms with van der Waals surface area (Å²) >= 11 is 12.0. The normalized spacial score (nSPS) is 11.1. The Hall–Kier alpha value is -2.81. The molecule has 0 bridgehead atoms. The van der Waals surface area contributed by atoms with Crippen LogP contribution in [0.15, 0.2) is 71.6 Å². The van der Waals surface area contributed by atoms with Crippen LogP contribution in [0.4, 0.5) is 15.8 Å². The van der Waals surface area contributed by atoms with Gasteiger partial charge >= 0.3 is 0 Å². The molecule has 0 aromatic heterocycles. The van der Waals surface area contributed by atoms with E-state index in [1.54, 1.807) is 12.1 Å². The lowest BCUT2D eigenvalue weighted by molar-refractivity contribution is -0.114. The first-order valence-electron chi connectivity index (χ1n) is 8.89. The number of nitrogens with zero attached hydrogens (tertiary/aromatic N) is 1. The number of hydrogen-bond acceptors (Lipinski definition) is 4. The van der Waals surface area contributed by atoms with Gasteiger partial charge in [0.1, 0.15) is 18.1 Å². The van der Waals surface area contributed by atoms with Crippen molar-refractivity contribution in [1.82, 2.24) is 0 Å². The molecule has 31 heavy (non-hydrogen) atoms. The molecule has 1 N–H and O–H groups in total. The largest absolute Gasteiger partial charge is 0.497 e. The maximum atomic E-state index is 14.5. The van der Waals surface area contributed by atoms with Crippen LogP contribution in [0.5, 0.6) is 5.75 Å². The van der Waals surface area contributed by atoms with E-state index in [1.807, 2.05) is 0 Å². The molecule has 3 aromatic carbocycles. The standard InChI is InChI=1S/C21H17Cl2FN2O4S/c1-30-14-9-11-15(12-10-14)31(28,29)26(19-8-3-2-6-17(19)24)13-20(27)25-18-7-4-5-16(22)21(18)23/h2-12H,13H2,1H3,(H,25,27). The van der Waals surface area contributed by atoms with Crippen molar-refractivity contribution in [2.24, 2.45) is 0 Å². The fourth-order valence-corrected chi connectivity index (χ4v) is 4.53. The molecule has 0 spiro atoms. The van der Waals surface area contributed by atoms with Crippen molar-refractivity contribution in [2.45, 2.75) is 4.90 Å². The monoisotopic (exact) mass is 482 g/mol. The third-order valence-corrected chi connectivity index (χ3v) is 6.87. The summed E-state index contributed by atoms with van der Waals surface area (Å²) in [4.78, 5) is 12.6. The van der Waals surface area contributed by atoms with E-state index in [4.69, 9.17) is 27.9 Å². The molecule has 0 aliphatic carbocycles. The maximum absolute atomic E-state index is 14.5. The van der Waals surface area contributed by atoms with Gasteiger partial charge in [0.2, 0.25) is 5.91 Å².